The van der Waals surface area contributed by atoms with Crippen LogP contribution in [0, 0.1) is 11.8 Å². The lowest BCUT2D eigenvalue weighted by atomic mass is 9.75. The summed E-state index contributed by atoms with van der Waals surface area (Å²) < 4.78 is 10.3. The first-order chi connectivity index (χ1) is 6.57. The highest BCUT2D eigenvalue weighted by molar-refractivity contribution is 5.79. The van der Waals surface area contributed by atoms with Crippen LogP contribution in [-0.4, -0.2) is 24.8 Å². The van der Waals surface area contributed by atoms with Gasteiger partial charge in [-0.2, -0.15) is 0 Å². The van der Waals surface area contributed by atoms with Crippen LogP contribution < -0.4 is 0 Å². The van der Waals surface area contributed by atoms with Gasteiger partial charge in [0.15, 0.2) is 6.10 Å². The lowest BCUT2D eigenvalue weighted by Gasteiger charge is -2.29. The fourth-order valence-electron chi connectivity index (χ4n) is 3.00. The number of hydrogen-bond acceptors (Lipinski definition) is 3. The van der Waals surface area contributed by atoms with Gasteiger partial charge in [-0.3, -0.25) is 0 Å². The normalized spacial score (nSPS) is 46.4. The molecular weight excluding hydrogens is 180 g/mol. The molecule has 1 heterocycles. The summed E-state index contributed by atoms with van der Waals surface area (Å²) in [4.78, 5) is 11.3. The molecule has 0 aromatic carbocycles. The molecule has 0 amide bonds. The highest BCUT2D eigenvalue weighted by atomic mass is 16.7. The molecule has 1 aliphatic heterocycles. The van der Waals surface area contributed by atoms with E-state index in [2.05, 4.69) is 13.8 Å². The third-order valence-electron chi connectivity index (χ3n) is 3.38. The second-order valence-electron chi connectivity index (χ2n) is 4.94. The number of rotatable bonds is 1. The first kappa shape index (κ1) is 9.97. The number of methoxy groups -OCH3 is 1. The summed E-state index contributed by atoms with van der Waals surface area (Å²) in [7, 11) is 1.42. The molecule has 0 aromatic heterocycles. The molecule has 1 aliphatic carbocycles. The summed E-state index contributed by atoms with van der Waals surface area (Å²) in [6.07, 6.45) is 2.99. The van der Waals surface area contributed by atoms with Crippen molar-refractivity contribution in [3.05, 3.63) is 0 Å². The van der Waals surface area contributed by atoms with Crippen molar-refractivity contribution in [1.82, 2.24) is 0 Å². The van der Waals surface area contributed by atoms with Gasteiger partial charge in [0.2, 0.25) is 0 Å². The summed E-state index contributed by atoms with van der Waals surface area (Å²) >= 11 is 0. The van der Waals surface area contributed by atoms with Crippen molar-refractivity contribution in [2.24, 2.45) is 11.8 Å². The predicted octanol–water partition coefficient (Wildman–Crippen LogP) is 1.75. The van der Waals surface area contributed by atoms with E-state index in [0.717, 1.165) is 12.8 Å². The summed E-state index contributed by atoms with van der Waals surface area (Å²) in [5.41, 5.74) is -0.163. The zero-order valence-electron chi connectivity index (χ0n) is 9.08. The van der Waals surface area contributed by atoms with Crippen LogP contribution in [0.2, 0.25) is 0 Å². The van der Waals surface area contributed by atoms with Crippen LogP contribution >= 0.6 is 0 Å². The Kier molecular flexibility index (Phi) is 2.30. The van der Waals surface area contributed by atoms with Gasteiger partial charge < -0.3 is 9.47 Å². The summed E-state index contributed by atoms with van der Waals surface area (Å²) in [5.74, 6) is 1.12. The first-order valence-corrected chi connectivity index (χ1v) is 5.33. The lowest BCUT2D eigenvalue weighted by Crippen LogP contribution is -2.31. The highest BCUT2D eigenvalue weighted by Gasteiger charge is 2.63. The van der Waals surface area contributed by atoms with E-state index in [1.165, 1.54) is 13.5 Å². The lowest BCUT2D eigenvalue weighted by molar-refractivity contribution is -0.142. The molecular formula is C11H18O3. The first-order valence-electron chi connectivity index (χ1n) is 5.33. The van der Waals surface area contributed by atoms with E-state index in [0.29, 0.717) is 11.8 Å². The molecule has 3 unspecified atom stereocenters. The number of hydrogen-bond donors (Lipinski definition) is 0. The molecule has 1 spiro atoms. The minimum absolute atomic E-state index is 0.163. The third-order valence-corrected chi connectivity index (χ3v) is 3.38. The molecule has 2 fully saturated rings. The SMILES string of the molecule is COC(=O)C1OC12CC(C)CC(C)C2. The maximum atomic E-state index is 11.3. The molecule has 1 saturated heterocycles. The van der Waals surface area contributed by atoms with Crippen molar-refractivity contribution in [2.75, 3.05) is 7.11 Å². The van der Waals surface area contributed by atoms with Crippen molar-refractivity contribution in [1.29, 1.82) is 0 Å². The van der Waals surface area contributed by atoms with Crippen molar-refractivity contribution < 1.29 is 14.3 Å². The Bertz CT molecular complexity index is 239. The molecule has 80 valence electrons. The quantitative estimate of drug-likeness (QED) is 0.476. The second-order valence-corrected chi connectivity index (χ2v) is 4.94. The van der Waals surface area contributed by atoms with Gasteiger partial charge in [-0.15, -0.1) is 0 Å². The maximum Gasteiger partial charge on any atom is 0.338 e. The Hall–Kier alpha value is -0.570. The fourth-order valence-corrected chi connectivity index (χ4v) is 3.00. The standard InChI is InChI=1S/C11H18O3/c1-7-4-8(2)6-11(5-7)9(14-11)10(12)13-3/h7-9H,4-6H2,1-3H3. The van der Waals surface area contributed by atoms with E-state index in [1.807, 2.05) is 0 Å². The largest absolute Gasteiger partial charge is 0.467 e. The zero-order valence-corrected chi connectivity index (χ0v) is 9.08. The average molecular weight is 198 g/mol. The molecule has 2 aliphatic rings. The minimum Gasteiger partial charge on any atom is -0.467 e. The van der Waals surface area contributed by atoms with Crippen molar-refractivity contribution in [2.45, 2.75) is 44.8 Å². The van der Waals surface area contributed by atoms with E-state index >= 15 is 0 Å². The van der Waals surface area contributed by atoms with E-state index in [-0.39, 0.29) is 17.7 Å². The van der Waals surface area contributed by atoms with Gasteiger partial charge in [-0.25, -0.2) is 4.79 Å². The molecule has 2 rings (SSSR count). The molecule has 14 heavy (non-hydrogen) atoms. The predicted molar refractivity (Wildman–Crippen MR) is 51.8 cm³/mol. The average Bonchev–Trinajstić information content (AvgIpc) is 2.75. The van der Waals surface area contributed by atoms with Crippen LogP contribution in [0.3, 0.4) is 0 Å². The zero-order chi connectivity index (χ0) is 10.3. The Balaban J connectivity index is 2.02. The molecule has 1 saturated carbocycles. The van der Waals surface area contributed by atoms with Gasteiger partial charge in [-0.1, -0.05) is 13.8 Å². The monoisotopic (exact) mass is 198 g/mol. The Morgan fingerprint density at radius 3 is 2.43 bits per heavy atom. The van der Waals surface area contributed by atoms with Crippen LogP contribution in [0.15, 0.2) is 0 Å². The Morgan fingerprint density at radius 1 is 1.36 bits per heavy atom. The summed E-state index contributed by atoms with van der Waals surface area (Å²) in [6, 6.07) is 0. The van der Waals surface area contributed by atoms with E-state index in [9.17, 15) is 4.79 Å². The number of ether oxygens (including phenoxy) is 2. The maximum absolute atomic E-state index is 11.3. The molecule has 0 radical (unpaired) electrons. The Morgan fingerprint density at radius 2 is 1.93 bits per heavy atom. The second kappa shape index (κ2) is 3.23. The van der Waals surface area contributed by atoms with E-state index < -0.39 is 0 Å². The van der Waals surface area contributed by atoms with E-state index in [1.54, 1.807) is 0 Å². The van der Waals surface area contributed by atoms with Gasteiger partial charge >= 0.3 is 5.97 Å². The number of epoxide rings is 1. The molecule has 3 heteroatoms. The summed E-state index contributed by atoms with van der Waals surface area (Å²) in [5, 5.41) is 0. The summed E-state index contributed by atoms with van der Waals surface area (Å²) in [6.45, 7) is 4.46. The van der Waals surface area contributed by atoms with Gasteiger partial charge in [-0.05, 0) is 31.1 Å². The van der Waals surface area contributed by atoms with Crippen LogP contribution in [0.4, 0.5) is 0 Å². The van der Waals surface area contributed by atoms with Crippen molar-refractivity contribution >= 4 is 5.97 Å². The van der Waals surface area contributed by atoms with Crippen LogP contribution in [-0.2, 0) is 14.3 Å². The van der Waals surface area contributed by atoms with Gasteiger partial charge in [0, 0.05) is 0 Å². The number of carbonyl (C=O) groups is 1. The molecule has 3 nitrogen and oxygen atoms in total. The van der Waals surface area contributed by atoms with Gasteiger partial charge in [0.05, 0.1) is 7.11 Å². The van der Waals surface area contributed by atoms with Crippen LogP contribution in [0.5, 0.6) is 0 Å². The smallest absolute Gasteiger partial charge is 0.338 e. The molecule has 0 bridgehead atoms. The van der Waals surface area contributed by atoms with E-state index in [4.69, 9.17) is 9.47 Å². The van der Waals surface area contributed by atoms with Crippen molar-refractivity contribution in [3.63, 3.8) is 0 Å². The molecule has 0 aromatic rings. The van der Waals surface area contributed by atoms with Crippen molar-refractivity contribution in [3.8, 4) is 0 Å². The minimum atomic E-state index is -0.280. The highest BCUT2D eigenvalue weighted by Crippen LogP contribution is 2.51. The van der Waals surface area contributed by atoms with Crippen LogP contribution in [0.1, 0.15) is 33.1 Å². The van der Waals surface area contributed by atoms with Gasteiger partial charge in [0.25, 0.3) is 0 Å². The molecule has 0 N–H and O–H groups in total. The fraction of sp³-hybridized carbons (Fsp3) is 0.909. The number of carbonyl (C=O) groups excluding carboxylic acids is 1. The Labute approximate surface area is 84.8 Å². The number of esters is 1. The third kappa shape index (κ3) is 1.54. The van der Waals surface area contributed by atoms with Gasteiger partial charge in [0.1, 0.15) is 5.60 Å². The van der Waals surface area contributed by atoms with Crippen LogP contribution in [0.25, 0.3) is 0 Å². The molecule has 3 atom stereocenters. The topological polar surface area (TPSA) is 38.8 Å².